The number of aromatic nitrogens is 1. The standard InChI is InChI=1S/C19H11BrN2/c20-14-4-3-5-15(11-14)22-18-7-2-1-6-16(18)17-10-13(12-21)8-9-19(17)22/h1-11H. The molecule has 3 heteroatoms. The molecule has 1 aromatic heterocycles. The summed E-state index contributed by atoms with van der Waals surface area (Å²) in [5.41, 5.74) is 4.04. The molecule has 3 aromatic carbocycles. The number of benzene rings is 3. The van der Waals surface area contributed by atoms with Crippen LogP contribution in [-0.4, -0.2) is 4.57 Å². The number of rotatable bonds is 1. The van der Waals surface area contributed by atoms with E-state index in [1.54, 1.807) is 0 Å². The van der Waals surface area contributed by atoms with Crippen molar-refractivity contribution in [2.45, 2.75) is 0 Å². The molecule has 0 bridgehead atoms. The third kappa shape index (κ3) is 1.93. The Morgan fingerprint density at radius 2 is 1.64 bits per heavy atom. The predicted molar refractivity (Wildman–Crippen MR) is 93.2 cm³/mol. The minimum atomic E-state index is 0.685. The van der Waals surface area contributed by atoms with Crippen molar-refractivity contribution in [2.75, 3.05) is 0 Å². The number of nitriles is 1. The van der Waals surface area contributed by atoms with Gasteiger partial charge in [0.2, 0.25) is 0 Å². The monoisotopic (exact) mass is 346 g/mol. The molecule has 0 aliphatic rings. The zero-order valence-electron chi connectivity index (χ0n) is 11.6. The maximum Gasteiger partial charge on any atom is 0.0991 e. The molecule has 0 radical (unpaired) electrons. The predicted octanol–water partition coefficient (Wildman–Crippen LogP) is 5.42. The van der Waals surface area contributed by atoms with Crippen LogP contribution in [0, 0.1) is 11.3 Å². The quantitative estimate of drug-likeness (QED) is 0.452. The Morgan fingerprint density at radius 1 is 0.818 bits per heavy atom. The van der Waals surface area contributed by atoms with Crippen molar-refractivity contribution in [3.05, 3.63) is 76.8 Å². The molecule has 0 amide bonds. The minimum Gasteiger partial charge on any atom is -0.309 e. The van der Waals surface area contributed by atoms with Crippen molar-refractivity contribution in [3.8, 4) is 11.8 Å². The number of nitrogens with zero attached hydrogens (tertiary/aromatic N) is 2. The van der Waals surface area contributed by atoms with E-state index in [9.17, 15) is 0 Å². The lowest BCUT2D eigenvalue weighted by atomic mass is 10.1. The highest BCUT2D eigenvalue weighted by Gasteiger charge is 2.12. The van der Waals surface area contributed by atoms with Gasteiger partial charge in [-0.15, -0.1) is 0 Å². The van der Waals surface area contributed by atoms with Crippen LogP contribution in [0.25, 0.3) is 27.5 Å². The lowest BCUT2D eigenvalue weighted by Gasteiger charge is -2.08. The average Bonchev–Trinajstić information content (AvgIpc) is 2.88. The second-order valence-corrected chi connectivity index (χ2v) is 6.09. The van der Waals surface area contributed by atoms with E-state index in [2.05, 4.69) is 50.8 Å². The topological polar surface area (TPSA) is 28.7 Å². The van der Waals surface area contributed by atoms with Gasteiger partial charge in [-0.3, -0.25) is 0 Å². The average molecular weight is 347 g/mol. The Bertz CT molecular complexity index is 1050. The molecule has 0 aliphatic carbocycles. The van der Waals surface area contributed by atoms with Crippen molar-refractivity contribution in [1.82, 2.24) is 4.57 Å². The van der Waals surface area contributed by atoms with Gasteiger partial charge in [0.15, 0.2) is 0 Å². The Morgan fingerprint density at radius 3 is 2.45 bits per heavy atom. The summed E-state index contributed by atoms with van der Waals surface area (Å²) in [6.07, 6.45) is 0. The second kappa shape index (κ2) is 5.01. The fourth-order valence-corrected chi connectivity index (χ4v) is 3.32. The zero-order chi connectivity index (χ0) is 15.1. The molecule has 104 valence electrons. The Labute approximate surface area is 136 Å². The minimum absolute atomic E-state index is 0.685. The first-order chi connectivity index (χ1) is 10.8. The normalized spacial score (nSPS) is 10.9. The lowest BCUT2D eigenvalue weighted by molar-refractivity contribution is 1.18. The first kappa shape index (κ1) is 13.1. The van der Waals surface area contributed by atoms with Crippen LogP contribution in [0.2, 0.25) is 0 Å². The van der Waals surface area contributed by atoms with Crippen LogP contribution in [0.5, 0.6) is 0 Å². The largest absolute Gasteiger partial charge is 0.309 e. The number of hydrogen-bond acceptors (Lipinski definition) is 1. The number of halogens is 1. The Kier molecular flexibility index (Phi) is 2.99. The van der Waals surface area contributed by atoms with Crippen molar-refractivity contribution >= 4 is 37.7 Å². The summed E-state index contributed by atoms with van der Waals surface area (Å²) in [5.74, 6) is 0. The van der Waals surface area contributed by atoms with Gasteiger partial charge in [-0.2, -0.15) is 5.26 Å². The molecular weight excluding hydrogens is 336 g/mol. The summed E-state index contributed by atoms with van der Waals surface area (Å²) >= 11 is 3.54. The molecule has 0 N–H and O–H groups in total. The fraction of sp³-hybridized carbons (Fsp3) is 0. The van der Waals surface area contributed by atoms with Gasteiger partial charge >= 0.3 is 0 Å². The van der Waals surface area contributed by atoms with Crippen LogP contribution in [0.3, 0.4) is 0 Å². The maximum atomic E-state index is 9.17. The first-order valence-corrected chi connectivity index (χ1v) is 7.76. The molecule has 0 aliphatic heterocycles. The number of hydrogen-bond donors (Lipinski definition) is 0. The van der Waals surface area contributed by atoms with Crippen molar-refractivity contribution < 1.29 is 0 Å². The van der Waals surface area contributed by atoms with Crippen LogP contribution < -0.4 is 0 Å². The lowest BCUT2D eigenvalue weighted by Crippen LogP contribution is -1.93. The highest BCUT2D eigenvalue weighted by molar-refractivity contribution is 9.10. The SMILES string of the molecule is N#Cc1ccc2c(c1)c1ccccc1n2-c1cccc(Br)c1. The van der Waals surface area contributed by atoms with E-state index < -0.39 is 0 Å². The van der Waals surface area contributed by atoms with Gasteiger partial charge in [-0.05, 0) is 42.5 Å². The third-order valence-corrected chi connectivity index (χ3v) is 4.36. The van der Waals surface area contributed by atoms with Gasteiger partial charge in [0.1, 0.15) is 0 Å². The van der Waals surface area contributed by atoms with Crippen molar-refractivity contribution in [3.63, 3.8) is 0 Å². The summed E-state index contributed by atoms with van der Waals surface area (Å²) in [6, 6.07) is 24.6. The fourth-order valence-electron chi connectivity index (χ4n) is 2.94. The number of fused-ring (bicyclic) bond motifs is 3. The molecular formula is C19H11BrN2. The molecule has 0 spiro atoms. The van der Waals surface area contributed by atoms with Crippen LogP contribution in [0.4, 0.5) is 0 Å². The number of para-hydroxylation sites is 1. The molecule has 0 fully saturated rings. The summed E-state index contributed by atoms with van der Waals surface area (Å²) in [6.45, 7) is 0. The maximum absolute atomic E-state index is 9.17. The van der Waals surface area contributed by atoms with E-state index in [-0.39, 0.29) is 0 Å². The zero-order valence-corrected chi connectivity index (χ0v) is 13.2. The van der Waals surface area contributed by atoms with E-state index in [0.29, 0.717) is 5.56 Å². The highest BCUT2D eigenvalue weighted by Crippen LogP contribution is 2.33. The summed E-state index contributed by atoms with van der Waals surface area (Å²) in [4.78, 5) is 0. The Balaban J connectivity index is 2.19. The first-order valence-electron chi connectivity index (χ1n) is 6.97. The molecule has 0 saturated heterocycles. The molecule has 0 saturated carbocycles. The van der Waals surface area contributed by atoms with Crippen LogP contribution in [-0.2, 0) is 0 Å². The third-order valence-electron chi connectivity index (χ3n) is 3.87. The van der Waals surface area contributed by atoms with E-state index in [0.717, 1.165) is 32.0 Å². The van der Waals surface area contributed by atoms with Gasteiger partial charge in [0.25, 0.3) is 0 Å². The van der Waals surface area contributed by atoms with Gasteiger partial charge < -0.3 is 4.57 Å². The molecule has 2 nitrogen and oxygen atoms in total. The van der Waals surface area contributed by atoms with E-state index >= 15 is 0 Å². The van der Waals surface area contributed by atoms with E-state index in [4.69, 9.17) is 5.26 Å². The molecule has 22 heavy (non-hydrogen) atoms. The molecule has 4 aromatic rings. The van der Waals surface area contributed by atoms with Gasteiger partial charge in [0, 0.05) is 20.9 Å². The van der Waals surface area contributed by atoms with Gasteiger partial charge in [0.05, 0.1) is 22.7 Å². The summed E-state index contributed by atoms with van der Waals surface area (Å²) in [7, 11) is 0. The van der Waals surface area contributed by atoms with Crippen LogP contribution in [0.15, 0.2) is 71.2 Å². The molecule has 0 atom stereocenters. The van der Waals surface area contributed by atoms with Crippen LogP contribution >= 0.6 is 15.9 Å². The van der Waals surface area contributed by atoms with Crippen molar-refractivity contribution in [2.24, 2.45) is 0 Å². The van der Waals surface area contributed by atoms with Gasteiger partial charge in [-0.1, -0.05) is 40.2 Å². The van der Waals surface area contributed by atoms with Crippen molar-refractivity contribution in [1.29, 1.82) is 5.26 Å². The van der Waals surface area contributed by atoms with Gasteiger partial charge in [-0.25, -0.2) is 0 Å². The smallest absolute Gasteiger partial charge is 0.0991 e. The summed E-state index contributed by atoms with van der Waals surface area (Å²) in [5, 5.41) is 11.4. The Hall–Kier alpha value is -2.57. The molecule has 4 rings (SSSR count). The van der Waals surface area contributed by atoms with E-state index in [1.165, 1.54) is 0 Å². The van der Waals surface area contributed by atoms with Crippen LogP contribution in [0.1, 0.15) is 5.56 Å². The highest BCUT2D eigenvalue weighted by atomic mass is 79.9. The molecule has 0 unspecified atom stereocenters. The van der Waals surface area contributed by atoms with E-state index in [1.807, 2.05) is 42.5 Å². The molecule has 1 heterocycles. The summed E-state index contributed by atoms with van der Waals surface area (Å²) < 4.78 is 3.28. The second-order valence-electron chi connectivity index (χ2n) is 5.18.